The van der Waals surface area contributed by atoms with Gasteiger partial charge in [-0.25, -0.2) is 9.78 Å². The van der Waals surface area contributed by atoms with E-state index in [1.807, 2.05) is 12.3 Å². The van der Waals surface area contributed by atoms with Gasteiger partial charge in [-0.2, -0.15) is 11.3 Å². The van der Waals surface area contributed by atoms with Crippen LogP contribution in [-0.4, -0.2) is 24.1 Å². The Hall–Kier alpha value is -2.08. The number of hydrogen-bond donors (Lipinski definition) is 2. The molecule has 0 aliphatic rings. The van der Waals surface area contributed by atoms with E-state index in [1.165, 1.54) is 12.7 Å². The van der Waals surface area contributed by atoms with Crippen molar-refractivity contribution in [1.82, 2.24) is 4.98 Å². The van der Waals surface area contributed by atoms with Crippen molar-refractivity contribution in [3.8, 4) is 0 Å². The van der Waals surface area contributed by atoms with Crippen LogP contribution in [0.2, 0.25) is 0 Å². The summed E-state index contributed by atoms with van der Waals surface area (Å²) in [6.07, 6.45) is 0.868. The molecule has 0 radical (unpaired) electrons. The van der Waals surface area contributed by atoms with Crippen molar-refractivity contribution < 1.29 is 9.53 Å². The molecule has 20 heavy (non-hydrogen) atoms. The molecule has 0 saturated carbocycles. The first kappa shape index (κ1) is 14.3. The topological polar surface area (TPSA) is 77.2 Å². The summed E-state index contributed by atoms with van der Waals surface area (Å²) >= 11 is 1.67. The summed E-state index contributed by atoms with van der Waals surface area (Å²) in [6.45, 7) is 2.05. The predicted molar refractivity (Wildman–Crippen MR) is 81.1 cm³/mol. The van der Waals surface area contributed by atoms with Gasteiger partial charge in [-0.3, -0.25) is 0 Å². The number of ether oxygens (including phenoxy) is 1. The lowest BCUT2D eigenvalue weighted by Crippen LogP contribution is -2.20. The van der Waals surface area contributed by atoms with Gasteiger partial charge in [-0.1, -0.05) is 0 Å². The first-order chi connectivity index (χ1) is 9.60. The summed E-state index contributed by atoms with van der Waals surface area (Å²) in [6, 6.07) is 5.45. The molecular weight excluding hydrogens is 274 g/mol. The second-order valence-electron chi connectivity index (χ2n) is 4.51. The van der Waals surface area contributed by atoms with Gasteiger partial charge in [0.1, 0.15) is 5.82 Å². The van der Waals surface area contributed by atoms with E-state index in [4.69, 9.17) is 5.73 Å². The van der Waals surface area contributed by atoms with Gasteiger partial charge >= 0.3 is 5.97 Å². The fourth-order valence-corrected chi connectivity index (χ4v) is 2.53. The van der Waals surface area contributed by atoms with E-state index >= 15 is 0 Å². The summed E-state index contributed by atoms with van der Waals surface area (Å²) < 4.78 is 4.65. The molecular formula is C14H17N3O2S. The normalized spacial score (nSPS) is 11.9. The fraction of sp³-hybridized carbons (Fsp3) is 0.286. The minimum atomic E-state index is -0.474. The SMILES string of the molecule is COC(=O)c1ccc(N)c(NC(C)Cc2ccsc2)n1. The second kappa shape index (κ2) is 6.38. The van der Waals surface area contributed by atoms with Crippen molar-refractivity contribution in [2.24, 2.45) is 0 Å². The van der Waals surface area contributed by atoms with Crippen molar-refractivity contribution in [3.05, 3.63) is 40.2 Å². The highest BCUT2D eigenvalue weighted by molar-refractivity contribution is 7.07. The van der Waals surface area contributed by atoms with Gasteiger partial charge in [0.05, 0.1) is 12.8 Å². The molecule has 3 N–H and O–H groups in total. The van der Waals surface area contributed by atoms with Crippen LogP contribution in [-0.2, 0) is 11.2 Å². The second-order valence-corrected chi connectivity index (χ2v) is 5.29. The van der Waals surface area contributed by atoms with E-state index < -0.39 is 5.97 Å². The maximum Gasteiger partial charge on any atom is 0.356 e. The summed E-state index contributed by atoms with van der Waals surface area (Å²) in [5, 5.41) is 7.39. The highest BCUT2D eigenvalue weighted by Crippen LogP contribution is 2.18. The van der Waals surface area contributed by atoms with Gasteiger partial charge < -0.3 is 15.8 Å². The zero-order valence-electron chi connectivity index (χ0n) is 11.4. The van der Waals surface area contributed by atoms with Crippen molar-refractivity contribution >= 4 is 28.8 Å². The van der Waals surface area contributed by atoms with Crippen molar-refractivity contribution in [2.45, 2.75) is 19.4 Å². The molecule has 106 valence electrons. The molecule has 0 aliphatic carbocycles. The number of anilines is 2. The van der Waals surface area contributed by atoms with Gasteiger partial charge in [-0.05, 0) is 47.9 Å². The Balaban J connectivity index is 2.09. The molecule has 0 spiro atoms. The molecule has 0 fully saturated rings. The van der Waals surface area contributed by atoms with Crippen LogP contribution < -0.4 is 11.1 Å². The average Bonchev–Trinajstić information content (AvgIpc) is 2.93. The van der Waals surface area contributed by atoms with E-state index in [-0.39, 0.29) is 11.7 Å². The Labute approximate surface area is 121 Å². The standard InChI is InChI=1S/C14H17N3O2S/c1-9(7-10-5-6-20-8-10)16-13-11(15)3-4-12(17-13)14(18)19-2/h3-6,8-9H,7,15H2,1-2H3,(H,16,17). The molecule has 1 unspecified atom stereocenters. The number of pyridine rings is 1. The summed E-state index contributed by atoms with van der Waals surface area (Å²) in [5.74, 6) is 0.0363. The van der Waals surface area contributed by atoms with Crippen molar-refractivity contribution in [3.63, 3.8) is 0 Å². The Morgan fingerprint density at radius 1 is 1.50 bits per heavy atom. The number of nitrogens with zero attached hydrogens (tertiary/aromatic N) is 1. The largest absolute Gasteiger partial charge is 0.464 e. The van der Waals surface area contributed by atoms with Crippen molar-refractivity contribution in [1.29, 1.82) is 0 Å². The van der Waals surface area contributed by atoms with E-state index in [2.05, 4.69) is 26.5 Å². The van der Waals surface area contributed by atoms with Gasteiger partial charge in [0.2, 0.25) is 0 Å². The lowest BCUT2D eigenvalue weighted by Gasteiger charge is -2.16. The lowest BCUT2D eigenvalue weighted by atomic mass is 10.1. The monoisotopic (exact) mass is 291 g/mol. The molecule has 2 aromatic heterocycles. The highest BCUT2D eigenvalue weighted by Gasteiger charge is 2.12. The van der Waals surface area contributed by atoms with Crippen LogP contribution >= 0.6 is 11.3 Å². The molecule has 0 aliphatic heterocycles. The number of nitrogens with one attached hydrogen (secondary N) is 1. The minimum Gasteiger partial charge on any atom is -0.464 e. The number of carbonyl (C=O) groups is 1. The number of thiophene rings is 1. The van der Waals surface area contributed by atoms with Gasteiger partial charge in [0.15, 0.2) is 5.69 Å². The molecule has 0 amide bonds. The highest BCUT2D eigenvalue weighted by atomic mass is 32.1. The molecule has 0 aromatic carbocycles. The lowest BCUT2D eigenvalue weighted by molar-refractivity contribution is 0.0594. The van der Waals surface area contributed by atoms with Crippen LogP contribution in [0, 0.1) is 0 Å². The third kappa shape index (κ3) is 3.48. The van der Waals surface area contributed by atoms with Crippen LogP contribution in [0.3, 0.4) is 0 Å². The van der Waals surface area contributed by atoms with Crippen LogP contribution in [0.5, 0.6) is 0 Å². The maximum absolute atomic E-state index is 11.5. The van der Waals surface area contributed by atoms with Gasteiger partial charge in [0, 0.05) is 6.04 Å². The number of hydrogen-bond acceptors (Lipinski definition) is 6. The number of aromatic nitrogens is 1. The van der Waals surface area contributed by atoms with Gasteiger partial charge in [0.25, 0.3) is 0 Å². The molecule has 2 heterocycles. The molecule has 6 heteroatoms. The van der Waals surface area contributed by atoms with Crippen LogP contribution in [0.15, 0.2) is 29.0 Å². The van der Waals surface area contributed by atoms with Crippen LogP contribution in [0.4, 0.5) is 11.5 Å². The molecule has 2 rings (SSSR count). The number of nitrogen functional groups attached to an aromatic ring is 1. The Morgan fingerprint density at radius 3 is 2.95 bits per heavy atom. The number of methoxy groups -OCH3 is 1. The first-order valence-corrected chi connectivity index (χ1v) is 7.17. The van der Waals surface area contributed by atoms with E-state index in [0.717, 1.165) is 6.42 Å². The van der Waals surface area contributed by atoms with E-state index in [9.17, 15) is 4.79 Å². The minimum absolute atomic E-state index is 0.160. The average molecular weight is 291 g/mol. The Bertz CT molecular complexity index is 584. The molecule has 5 nitrogen and oxygen atoms in total. The fourth-order valence-electron chi connectivity index (χ4n) is 1.85. The summed E-state index contributed by atoms with van der Waals surface area (Å²) in [7, 11) is 1.33. The number of carbonyl (C=O) groups excluding carboxylic acids is 1. The Morgan fingerprint density at radius 2 is 2.30 bits per heavy atom. The van der Waals surface area contributed by atoms with E-state index in [0.29, 0.717) is 11.5 Å². The molecule has 2 aromatic rings. The number of nitrogens with two attached hydrogens (primary N) is 1. The summed E-state index contributed by atoms with van der Waals surface area (Å²) in [5.41, 5.74) is 7.89. The first-order valence-electron chi connectivity index (χ1n) is 6.22. The van der Waals surface area contributed by atoms with Crippen LogP contribution in [0.25, 0.3) is 0 Å². The zero-order valence-corrected chi connectivity index (χ0v) is 12.2. The Kier molecular flexibility index (Phi) is 4.57. The third-order valence-corrected chi connectivity index (χ3v) is 3.56. The molecule has 0 saturated heterocycles. The quantitative estimate of drug-likeness (QED) is 0.828. The third-order valence-electron chi connectivity index (χ3n) is 2.83. The van der Waals surface area contributed by atoms with Crippen molar-refractivity contribution in [2.75, 3.05) is 18.2 Å². The smallest absolute Gasteiger partial charge is 0.356 e. The zero-order chi connectivity index (χ0) is 14.5. The number of esters is 1. The molecule has 1 atom stereocenters. The predicted octanol–water partition coefficient (Wildman–Crippen LogP) is 2.56. The number of rotatable bonds is 5. The summed E-state index contributed by atoms with van der Waals surface area (Å²) in [4.78, 5) is 15.7. The van der Waals surface area contributed by atoms with Crippen LogP contribution in [0.1, 0.15) is 23.0 Å². The molecule has 0 bridgehead atoms. The van der Waals surface area contributed by atoms with Gasteiger partial charge in [-0.15, -0.1) is 0 Å². The van der Waals surface area contributed by atoms with E-state index in [1.54, 1.807) is 23.5 Å². The maximum atomic E-state index is 11.5.